The molecule has 0 heterocycles. The van der Waals surface area contributed by atoms with Gasteiger partial charge in [0.15, 0.2) is 0 Å². The van der Waals surface area contributed by atoms with Crippen molar-refractivity contribution < 1.29 is 32.7 Å². The van der Waals surface area contributed by atoms with Crippen LogP contribution in [0.5, 0.6) is 0 Å². The molecule has 4 aromatic rings. The average molecular weight is 380 g/mol. The molecule has 0 nitrogen and oxygen atoms in total. The first-order valence-electron chi connectivity index (χ1n) is 7.55. The molecule has 0 atom stereocenters. The van der Waals surface area contributed by atoms with Gasteiger partial charge < -0.3 is 0 Å². The molecule has 112 valence electrons. The Morgan fingerprint density at radius 3 is 2.29 bits per heavy atom. The van der Waals surface area contributed by atoms with Crippen molar-refractivity contribution in [3.8, 4) is 11.1 Å². The van der Waals surface area contributed by atoms with Gasteiger partial charge in [-0.2, -0.15) is 30.3 Å². The zero-order chi connectivity index (χ0) is 15.1. The molecule has 0 N–H and O–H groups in total. The summed E-state index contributed by atoms with van der Waals surface area (Å²) < 4.78 is 0. The molecule has 0 aliphatic carbocycles. The molecule has 0 aliphatic heterocycles. The smallest absolute Gasteiger partial charge is 0 e. The van der Waals surface area contributed by atoms with E-state index in [9.17, 15) is 0 Å². The molecule has 4 radical (unpaired) electrons. The number of aryl methyl sites for hydroxylation is 2. The fraction of sp³-hybridized carbons (Fsp3) is 0.0909. The monoisotopic (exact) mass is 380 g/mol. The summed E-state index contributed by atoms with van der Waals surface area (Å²) >= 11 is 0. The van der Waals surface area contributed by atoms with Crippen LogP contribution in [0, 0.1) is 26.0 Å². The van der Waals surface area contributed by atoms with Gasteiger partial charge in [-0.05, 0) is 5.39 Å². The van der Waals surface area contributed by atoms with Gasteiger partial charge in [0.1, 0.15) is 0 Å². The Kier molecular flexibility index (Phi) is 6.01. The molecule has 4 aromatic carbocycles. The Labute approximate surface area is 170 Å². The van der Waals surface area contributed by atoms with E-state index in [0.29, 0.717) is 0 Å². The SMILES string of the molecule is Cc1[c-]c(-c2[c-]cc3c(ccc4ccccc43)c2)ccc1C.[B].[Y]. The maximum atomic E-state index is 3.46. The Bertz CT molecular complexity index is 1010. The van der Waals surface area contributed by atoms with Gasteiger partial charge in [0, 0.05) is 41.1 Å². The molecule has 0 bridgehead atoms. The van der Waals surface area contributed by atoms with Crippen molar-refractivity contribution in [2.45, 2.75) is 13.8 Å². The zero-order valence-corrected chi connectivity index (χ0v) is 16.8. The second-order valence-corrected chi connectivity index (χ2v) is 5.82. The predicted octanol–water partition coefficient (Wildman–Crippen LogP) is 5.49. The van der Waals surface area contributed by atoms with E-state index < -0.39 is 0 Å². The zero-order valence-electron chi connectivity index (χ0n) is 13.9. The molecule has 0 saturated heterocycles. The van der Waals surface area contributed by atoms with Crippen LogP contribution < -0.4 is 0 Å². The summed E-state index contributed by atoms with van der Waals surface area (Å²) in [5, 5.41) is 5.06. The fourth-order valence-electron chi connectivity index (χ4n) is 2.93. The third kappa shape index (κ3) is 3.34. The fourth-order valence-corrected chi connectivity index (χ4v) is 2.93. The van der Waals surface area contributed by atoms with Crippen LogP contribution in [0.4, 0.5) is 0 Å². The van der Waals surface area contributed by atoms with Gasteiger partial charge >= 0.3 is 0 Å². The first-order chi connectivity index (χ1) is 10.7. The maximum Gasteiger partial charge on any atom is 0 e. The van der Waals surface area contributed by atoms with Crippen molar-refractivity contribution in [3.63, 3.8) is 0 Å². The summed E-state index contributed by atoms with van der Waals surface area (Å²) in [6, 6.07) is 28.4. The van der Waals surface area contributed by atoms with Crippen LogP contribution in [0.25, 0.3) is 32.7 Å². The summed E-state index contributed by atoms with van der Waals surface area (Å²) in [5.41, 5.74) is 4.68. The molecule has 2 heteroatoms. The van der Waals surface area contributed by atoms with Crippen molar-refractivity contribution in [2.24, 2.45) is 0 Å². The third-order valence-corrected chi connectivity index (χ3v) is 4.38. The second-order valence-electron chi connectivity index (χ2n) is 5.82. The van der Waals surface area contributed by atoms with Gasteiger partial charge in [-0.1, -0.05) is 61.0 Å². The largest absolute Gasteiger partial charge is 0.226 e. The molecule has 0 fully saturated rings. The molecule has 0 aliphatic rings. The van der Waals surface area contributed by atoms with E-state index >= 15 is 0 Å². The Morgan fingerprint density at radius 2 is 1.50 bits per heavy atom. The van der Waals surface area contributed by atoms with Crippen molar-refractivity contribution >= 4 is 30.0 Å². The number of fused-ring (bicyclic) bond motifs is 3. The molecule has 0 spiro atoms. The molecule has 0 aromatic heterocycles. The Balaban J connectivity index is 0.00000104. The number of rotatable bonds is 1. The van der Waals surface area contributed by atoms with E-state index in [4.69, 9.17) is 0 Å². The summed E-state index contributed by atoms with van der Waals surface area (Å²) in [6.07, 6.45) is 0. The number of hydrogen-bond donors (Lipinski definition) is 0. The van der Waals surface area contributed by atoms with Crippen molar-refractivity contribution in [3.05, 3.63) is 83.9 Å². The normalized spacial score (nSPS) is 10.2. The Morgan fingerprint density at radius 1 is 0.750 bits per heavy atom. The molecule has 4 rings (SSSR count). The van der Waals surface area contributed by atoms with Gasteiger partial charge in [0.2, 0.25) is 0 Å². The molecule has 24 heavy (non-hydrogen) atoms. The van der Waals surface area contributed by atoms with E-state index in [1.54, 1.807) is 0 Å². The van der Waals surface area contributed by atoms with Crippen LogP contribution in [-0.4, -0.2) is 8.41 Å². The minimum atomic E-state index is 0. The summed E-state index contributed by atoms with van der Waals surface area (Å²) in [5.74, 6) is 0. The first kappa shape index (κ1) is 18.9. The first-order valence-corrected chi connectivity index (χ1v) is 7.55. The minimum absolute atomic E-state index is 0. The topological polar surface area (TPSA) is 0 Å². The van der Waals surface area contributed by atoms with Gasteiger partial charge in [0.25, 0.3) is 0 Å². The average Bonchev–Trinajstić information content (AvgIpc) is 2.56. The van der Waals surface area contributed by atoms with Gasteiger partial charge in [-0.3, -0.25) is 0 Å². The third-order valence-electron chi connectivity index (χ3n) is 4.38. The van der Waals surface area contributed by atoms with E-state index in [1.807, 2.05) is 0 Å². The summed E-state index contributed by atoms with van der Waals surface area (Å²) in [6.45, 7) is 4.22. The molecular formula is C22H16BY-2. The molecular weight excluding hydrogens is 364 g/mol. The van der Waals surface area contributed by atoms with Crippen LogP contribution >= 0.6 is 0 Å². The van der Waals surface area contributed by atoms with Crippen LogP contribution in [0.15, 0.2) is 60.7 Å². The standard InChI is InChI=1S/C22H16.B.Y/c1-15-7-8-18(13-16(15)2)19-11-12-22-20(14-19)10-9-17-5-3-4-6-21(17)22;;/h3-10,12,14H,1-2H3;;/q-2;;. The van der Waals surface area contributed by atoms with E-state index in [0.717, 1.165) is 11.1 Å². The minimum Gasteiger partial charge on any atom is -0.226 e. The van der Waals surface area contributed by atoms with Crippen molar-refractivity contribution in [1.82, 2.24) is 0 Å². The molecule has 0 saturated carbocycles. The Hall–Kier alpha value is -1.43. The van der Waals surface area contributed by atoms with E-state index in [1.165, 1.54) is 32.7 Å². The second kappa shape index (κ2) is 7.64. The van der Waals surface area contributed by atoms with Gasteiger partial charge in [-0.15, -0.1) is 22.6 Å². The molecule has 0 amide bonds. The quantitative estimate of drug-likeness (QED) is 0.233. The predicted molar refractivity (Wildman–Crippen MR) is 99.8 cm³/mol. The van der Waals surface area contributed by atoms with E-state index in [2.05, 4.69) is 86.6 Å². The maximum absolute atomic E-state index is 3.46. The van der Waals surface area contributed by atoms with Gasteiger partial charge in [-0.25, -0.2) is 11.1 Å². The number of benzene rings is 4. The van der Waals surface area contributed by atoms with Crippen LogP contribution in [0.1, 0.15) is 11.1 Å². The van der Waals surface area contributed by atoms with Crippen LogP contribution in [0.2, 0.25) is 0 Å². The van der Waals surface area contributed by atoms with Crippen LogP contribution in [0.3, 0.4) is 0 Å². The summed E-state index contributed by atoms with van der Waals surface area (Å²) in [7, 11) is 0. The van der Waals surface area contributed by atoms with Gasteiger partial charge in [0.05, 0.1) is 0 Å². The summed E-state index contributed by atoms with van der Waals surface area (Å²) in [4.78, 5) is 0. The van der Waals surface area contributed by atoms with Crippen molar-refractivity contribution in [2.75, 3.05) is 0 Å². The van der Waals surface area contributed by atoms with Crippen LogP contribution in [-0.2, 0) is 32.7 Å². The molecule has 0 unspecified atom stereocenters. The van der Waals surface area contributed by atoms with Crippen molar-refractivity contribution in [1.29, 1.82) is 0 Å². The van der Waals surface area contributed by atoms with E-state index in [-0.39, 0.29) is 41.1 Å². The number of hydrogen-bond acceptors (Lipinski definition) is 0.